The quantitative estimate of drug-likeness (QED) is 0.230. The van der Waals surface area contributed by atoms with Crippen LogP contribution in [0.2, 0.25) is 0 Å². The Morgan fingerprint density at radius 1 is 0.630 bits per heavy atom. The molecular formula is C26H30Fe. The molecule has 4 aromatic rings. The van der Waals surface area contributed by atoms with Crippen molar-refractivity contribution in [2.45, 2.75) is 52.4 Å². The molecule has 0 aromatic heterocycles. The summed E-state index contributed by atoms with van der Waals surface area (Å²) in [5, 5.41) is 5.53. The van der Waals surface area contributed by atoms with Crippen molar-refractivity contribution in [3.05, 3.63) is 83.9 Å². The minimum atomic E-state index is 0. The zero-order valence-electron chi connectivity index (χ0n) is 16.5. The molecule has 0 saturated carbocycles. The van der Waals surface area contributed by atoms with Gasteiger partial charge in [-0.1, -0.05) is 51.7 Å². The van der Waals surface area contributed by atoms with E-state index in [1.807, 2.05) is 0 Å². The summed E-state index contributed by atoms with van der Waals surface area (Å²) in [4.78, 5) is 0. The van der Waals surface area contributed by atoms with Gasteiger partial charge in [-0.15, -0.1) is 81.2 Å². The summed E-state index contributed by atoms with van der Waals surface area (Å²) in [6.07, 6.45) is 7.62. The fraction of sp³-hybridized carbons (Fsp3) is 0.308. The average Bonchev–Trinajstić information content (AvgIpc) is 3.28. The Labute approximate surface area is 174 Å². The second kappa shape index (κ2) is 11.1. The average molecular weight is 398 g/mol. The van der Waals surface area contributed by atoms with Crippen molar-refractivity contribution >= 4 is 21.5 Å². The van der Waals surface area contributed by atoms with Crippen molar-refractivity contribution in [2.75, 3.05) is 0 Å². The third-order valence-electron chi connectivity index (χ3n) is 4.99. The van der Waals surface area contributed by atoms with Gasteiger partial charge in [0, 0.05) is 0 Å². The van der Waals surface area contributed by atoms with E-state index in [1.165, 1.54) is 71.2 Å². The van der Waals surface area contributed by atoms with Gasteiger partial charge in [-0.05, 0) is 12.8 Å². The molecule has 142 valence electrons. The van der Waals surface area contributed by atoms with Crippen molar-refractivity contribution in [1.29, 1.82) is 0 Å². The largest absolute Gasteiger partial charge is 2.00 e. The first-order valence-electron chi connectivity index (χ1n) is 10.1. The Bertz CT molecular complexity index is 781. The Morgan fingerprint density at radius 3 is 1.41 bits per heavy atom. The summed E-state index contributed by atoms with van der Waals surface area (Å²) in [6.45, 7) is 4.48. The van der Waals surface area contributed by atoms with E-state index in [9.17, 15) is 0 Å². The van der Waals surface area contributed by atoms with Crippen molar-refractivity contribution in [3.63, 3.8) is 0 Å². The van der Waals surface area contributed by atoms with E-state index in [0.29, 0.717) is 0 Å². The molecule has 0 amide bonds. The third kappa shape index (κ3) is 6.09. The molecular weight excluding hydrogens is 368 g/mol. The van der Waals surface area contributed by atoms with E-state index >= 15 is 0 Å². The second-order valence-electron chi connectivity index (χ2n) is 7.19. The van der Waals surface area contributed by atoms with Gasteiger partial charge in [-0.25, -0.2) is 0 Å². The maximum Gasteiger partial charge on any atom is 2.00 e. The van der Waals surface area contributed by atoms with Gasteiger partial charge in [-0.3, -0.25) is 0 Å². The van der Waals surface area contributed by atoms with Gasteiger partial charge in [0.25, 0.3) is 0 Å². The predicted molar refractivity (Wildman–Crippen MR) is 116 cm³/mol. The molecule has 0 nitrogen and oxygen atoms in total. The summed E-state index contributed by atoms with van der Waals surface area (Å²) >= 11 is 0. The van der Waals surface area contributed by atoms with Crippen LogP contribution in [0.4, 0.5) is 0 Å². The molecule has 0 aliphatic heterocycles. The SMILES string of the molecule is CCCCc1cc2ccccc2[cH-]1.CCCCc1cc2ccccc2[cH-]1.[Fe+2]. The fourth-order valence-corrected chi connectivity index (χ4v) is 3.48. The monoisotopic (exact) mass is 398 g/mol. The number of hydrogen-bond donors (Lipinski definition) is 0. The Morgan fingerprint density at radius 2 is 1.04 bits per heavy atom. The molecule has 4 rings (SSSR count). The van der Waals surface area contributed by atoms with Gasteiger partial charge >= 0.3 is 17.1 Å². The molecule has 27 heavy (non-hydrogen) atoms. The van der Waals surface area contributed by atoms with Crippen LogP contribution in [0.5, 0.6) is 0 Å². The summed E-state index contributed by atoms with van der Waals surface area (Å²) in [6, 6.07) is 26.4. The first kappa shape index (κ1) is 21.5. The zero-order chi connectivity index (χ0) is 18.2. The van der Waals surface area contributed by atoms with Crippen LogP contribution in [0.25, 0.3) is 21.5 Å². The Hall–Kier alpha value is -1.82. The molecule has 0 aliphatic carbocycles. The number of aryl methyl sites for hydroxylation is 2. The maximum absolute atomic E-state index is 2.31. The smallest absolute Gasteiger partial charge is 0.165 e. The molecule has 4 aromatic carbocycles. The molecule has 0 radical (unpaired) electrons. The van der Waals surface area contributed by atoms with Gasteiger partial charge in [0.15, 0.2) is 0 Å². The Kier molecular flexibility index (Phi) is 8.85. The molecule has 0 aliphatic rings. The summed E-state index contributed by atoms with van der Waals surface area (Å²) in [5.74, 6) is 0. The van der Waals surface area contributed by atoms with Crippen molar-refractivity contribution in [1.82, 2.24) is 0 Å². The predicted octanol–water partition coefficient (Wildman–Crippen LogP) is 7.80. The van der Waals surface area contributed by atoms with E-state index in [-0.39, 0.29) is 17.1 Å². The zero-order valence-corrected chi connectivity index (χ0v) is 17.6. The van der Waals surface area contributed by atoms with Gasteiger partial charge in [0.1, 0.15) is 0 Å². The first-order valence-corrected chi connectivity index (χ1v) is 10.1. The van der Waals surface area contributed by atoms with Gasteiger partial charge in [0.05, 0.1) is 0 Å². The number of fused-ring (bicyclic) bond motifs is 2. The summed E-state index contributed by atoms with van der Waals surface area (Å²) in [5.41, 5.74) is 2.98. The number of unbranched alkanes of at least 4 members (excludes halogenated alkanes) is 2. The first-order chi connectivity index (χ1) is 12.8. The Balaban J connectivity index is 0.000000187. The van der Waals surface area contributed by atoms with Crippen molar-refractivity contribution in [2.24, 2.45) is 0 Å². The minimum absolute atomic E-state index is 0. The molecule has 0 fully saturated rings. The maximum atomic E-state index is 2.31. The standard InChI is InChI=1S/2C13H15.Fe/c2*1-2-3-6-11-9-12-7-4-5-8-13(12)10-11;/h2*4-5,7-10H,2-3,6H2,1H3;/q2*-1;+2. The number of hydrogen-bond acceptors (Lipinski definition) is 0. The van der Waals surface area contributed by atoms with Crippen LogP contribution in [-0.4, -0.2) is 0 Å². The van der Waals surface area contributed by atoms with Crippen molar-refractivity contribution in [3.8, 4) is 0 Å². The van der Waals surface area contributed by atoms with Crippen LogP contribution >= 0.6 is 0 Å². The number of rotatable bonds is 6. The van der Waals surface area contributed by atoms with Crippen LogP contribution in [0.1, 0.15) is 50.7 Å². The summed E-state index contributed by atoms with van der Waals surface area (Å²) in [7, 11) is 0. The normalized spacial score (nSPS) is 10.4. The van der Waals surface area contributed by atoms with Gasteiger partial charge in [0.2, 0.25) is 0 Å². The summed E-state index contributed by atoms with van der Waals surface area (Å²) < 4.78 is 0. The van der Waals surface area contributed by atoms with Crippen LogP contribution in [0.3, 0.4) is 0 Å². The second-order valence-corrected chi connectivity index (χ2v) is 7.19. The van der Waals surface area contributed by atoms with E-state index in [1.54, 1.807) is 0 Å². The van der Waals surface area contributed by atoms with Gasteiger partial charge < -0.3 is 0 Å². The van der Waals surface area contributed by atoms with E-state index in [4.69, 9.17) is 0 Å². The van der Waals surface area contributed by atoms with Crippen molar-refractivity contribution < 1.29 is 17.1 Å². The molecule has 0 spiro atoms. The molecule has 0 unspecified atom stereocenters. The number of benzene rings is 2. The molecule has 0 saturated heterocycles. The molecule has 1 heteroatoms. The molecule has 0 atom stereocenters. The molecule has 0 heterocycles. The minimum Gasteiger partial charge on any atom is -0.165 e. The van der Waals surface area contributed by atoms with E-state index < -0.39 is 0 Å². The van der Waals surface area contributed by atoms with Crippen LogP contribution in [-0.2, 0) is 29.9 Å². The van der Waals surface area contributed by atoms with E-state index in [0.717, 1.165) is 0 Å². The van der Waals surface area contributed by atoms with Crippen LogP contribution < -0.4 is 0 Å². The topological polar surface area (TPSA) is 0 Å². The third-order valence-corrected chi connectivity index (χ3v) is 4.99. The fourth-order valence-electron chi connectivity index (χ4n) is 3.48. The van der Waals surface area contributed by atoms with Crippen LogP contribution in [0, 0.1) is 0 Å². The molecule has 0 bridgehead atoms. The molecule has 0 N–H and O–H groups in total. The van der Waals surface area contributed by atoms with Crippen LogP contribution in [0.15, 0.2) is 72.8 Å². The van der Waals surface area contributed by atoms with E-state index in [2.05, 4.69) is 86.6 Å². The van der Waals surface area contributed by atoms with Gasteiger partial charge in [-0.2, -0.15) is 12.1 Å².